The lowest BCUT2D eigenvalue weighted by atomic mass is 10.1. The molecule has 0 aromatic heterocycles. The Morgan fingerprint density at radius 3 is 2.29 bits per heavy atom. The first-order valence-corrected chi connectivity index (χ1v) is 6.38. The molecule has 0 aliphatic carbocycles. The van der Waals surface area contributed by atoms with Gasteiger partial charge in [-0.05, 0) is 24.6 Å². The van der Waals surface area contributed by atoms with Gasteiger partial charge < -0.3 is 20.3 Å². The summed E-state index contributed by atoms with van der Waals surface area (Å²) in [5.41, 5.74) is 0.676. The van der Waals surface area contributed by atoms with Crippen molar-refractivity contribution >= 4 is 17.8 Å². The molecule has 1 amide bonds. The monoisotopic (exact) mass is 295 g/mol. The lowest BCUT2D eigenvalue weighted by molar-refractivity contribution is -0.147. The highest BCUT2D eigenvalue weighted by Crippen LogP contribution is 2.12. The molecule has 0 heterocycles. The van der Waals surface area contributed by atoms with Crippen molar-refractivity contribution in [2.24, 2.45) is 0 Å². The van der Waals surface area contributed by atoms with Crippen LogP contribution in [0.5, 0.6) is 5.75 Å². The van der Waals surface area contributed by atoms with E-state index in [1.807, 2.05) is 6.92 Å². The van der Waals surface area contributed by atoms with Gasteiger partial charge in [0.2, 0.25) is 5.91 Å². The summed E-state index contributed by atoms with van der Waals surface area (Å²) < 4.78 is 5.26. The predicted octanol–water partition coefficient (Wildman–Crippen LogP) is 0.672. The molecule has 0 fully saturated rings. The van der Waals surface area contributed by atoms with Crippen LogP contribution >= 0.6 is 0 Å². The second-order valence-corrected chi connectivity index (χ2v) is 4.31. The second kappa shape index (κ2) is 7.88. The molecule has 1 aromatic rings. The zero-order chi connectivity index (χ0) is 15.8. The first kappa shape index (κ1) is 16.5. The van der Waals surface area contributed by atoms with Crippen molar-refractivity contribution in [2.75, 3.05) is 6.61 Å². The van der Waals surface area contributed by atoms with Gasteiger partial charge in [-0.2, -0.15) is 0 Å². The van der Waals surface area contributed by atoms with Gasteiger partial charge in [-0.15, -0.1) is 0 Å². The number of hydrogen-bond acceptors (Lipinski definition) is 4. The normalized spacial score (nSPS) is 11.5. The quantitative estimate of drug-likeness (QED) is 0.649. The molecule has 114 valence electrons. The van der Waals surface area contributed by atoms with E-state index in [4.69, 9.17) is 14.9 Å². The lowest BCUT2D eigenvalue weighted by Gasteiger charge is -2.12. The summed E-state index contributed by atoms with van der Waals surface area (Å²) in [7, 11) is 0. The molecule has 1 atom stereocenters. The number of carboxylic acids is 2. The average molecular weight is 295 g/mol. The van der Waals surface area contributed by atoms with Crippen LogP contribution in [0.3, 0.4) is 0 Å². The Balaban J connectivity index is 2.59. The third-order valence-electron chi connectivity index (χ3n) is 2.61. The summed E-state index contributed by atoms with van der Waals surface area (Å²) in [6.45, 7) is 2.39. The van der Waals surface area contributed by atoms with Gasteiger partial charge in [0.15, 0.2) is 0 Å². The Labute approximate surface area is 121 Å². The molecule has 21 heavy (non-hydrogen) atoms. The average Bonchev–Trinajstić information content (AvgIpc) is 2.40. The third kappa shape index (κ3) is 5.94. The fourth-order valence-electron chi connectivity index (χ4n) is 1.68. The van der Waals surface area contributed by atoms with E-state index in [9.17, 15) is 14.4 Å². The van der Waals surface area contributed by atoms with Gasteiger partial charge in [0, 0.05) is 0 Å². The molecular weight excluding hydrogens is 278 g/mol. The van der Waals surface area contributed by atoms with Gasteiger partial charge >= 0.3 is 11.9 Å². The molecule has 0 radical (unpaired) electrons. The first-order chi connectivity index (χ1) is 9.92. The van der Waals surface area contributed by atoms with Crippen LogP contribution in [0.15, 0.2) is 24.3 Å². The minimum Gasteiger partial charge on any atom is -0.494 e. The van der Waals surface area contributed by atoms with Crippen molar-refractivity contribution in [3.8, 4) is 5.75 Å². The summed E-state index contributed by atoms with van der Waals surface area (Å²) in [4.78, 5) is 33.1. The second-order valence-electron chi connectivity index (χ2n) is 4.31. The summed E-state index contributed by atoms with van der Waals surface area (Å²) in [6, 6.07) is 5.36. The van der Waals surface area contributed by atoms with Gasteiger partial charge in [0.1, 0.15) is 11.8 Å². The van der Waals surface area contributed by atoms with E-state index in [0.29, 0.717) is 17.9 Å². The highest BCUT2D eigenvalue weighted by atomic mass is 16.5. The number of hydrogen-bond donors (Lipinski definition) is 3. The number of ether oxygens (including phenoxy) is 1. The zero-order valence-electron chi connectivity index (χ0n) is 11.5. The number of carboxylic acid groups (broad SMARTS) is 2. The van der Waals surface area contributed by atoms with E-state index >= 15 is 0 Å². The van der Waals surface area contributed by atoms with E-state index in [1.54, 1.807) is 24.3 Å². The maximum atomic E-state index is 11.7. The largest absolute Gasteiger partial charge is 0.494 e. The Kier molecular flexibility index (Phi) is 6.19. The summed E-state index contributed by atoms with van der Waals surface area (Å²) in [5, 5.41) is 19.6. The van der Waals surface area contributed by atoms with Crippen LogP contribution in [0.1, 0.15) is 18.9 Å². The van der Waals surface area contributed by atoms with Crippen LogP contribution in [0, 0.1) is 0 Å². The van der Waals surface area contributed by atoms with Crippen molar-refractivity contribution in [1.82, 2.24) is 5.32 Å². The Hall–Kier alpha value is -2.57. The standard InChI is InChI=1S/C14H17NO6/c1-2-21-10-5-3-9(4-6-10)7-12(16)15-11(14(19)20)8-13(17)18/h3-6,11H,2,7-8H2,1H3,(H,15,16)(H,17,18)(H,19,20)/t11-/m1/s1. The number of aliphatic carboxylic acids is 2. The van der Waals surface area contributed by atoms with Gasteiger partial charge in [-0.25, -0.2) is 4.79 Å². The SMILES string of the molecule is CCOc1ccc(CC(=O)N[C@H](CC(=O)O)C(=O)O)cc1. The fourth-order valence-corrected chi connectivity index (χ4v) is 1.68. The number of carbonyl (C=O) groups excluding carboxylic acids is 1. The van der Waals surface area contributed by atoms with Crippen LogP contribution in [0.4, 0.5) is 0 Å². The fraction of sp³-hybridized carbons (Fsp3) is 0.357. The number of carbonyl (C=O) groups is 3. The molecule has 7 heteroatoms. The van der Waals surface area contributed by atoms with Crippen molar-refractivity contribution < 1.29 is 29.3 Å². The summed E-state index contributed by atoms with van der Waals surface area (Å²) >= 11 is 0. The molecular formula is C14H17NO6. The molecule has 1 rings (SSSR count). The number of benzene rings is 1. The number of amides is 1. The van der Waals surface area contributed by atoms with Crippen LogP contribution < -0.4 is 10.1 Å². The maximum absolute atomic E-state index is 11.7. The van der Waals surface area contributed by atoms with E-state index in [1.165, 1.54) is 0 Å². The minimum absolute atomic E-state index is 0.0319. The highest BCUT2D eigenvalue weighted by molar-refractivity contribution is 5.87. The predicted molar refractivity (Wildman–Crippen MR) is 73.1 cm³/mol. The van der Waals surface area contributed by atoms with Crippen molar-refractivity contribution in [1.29, 1.82) is 0 Å². The molecule has 0 bridgehead atoms. The molecule has 0 saturated carbocycles. The topological polar surface area (TPSA) is 113 Å². The molecule has 0 saturated heterocycles. The van der Waals surface area contributed by atoms with Crippen molar-refractivity contribution in [3.63, 3.8) is 0 Å². The van der Waals surface area contributed by atoms with E-state index in [2.05, 4.69) is 5.32 Å². The Morgan fingerprint density at radius 2 is 1.81 bits per heavy atom. The van der Waals surface area contributed by atoms with E-state index < -0.39 is 30.3 Å². The molecule has 0 unspecified atom stereocenters. The number of nitrogens with one attached hydrogen (secondary N) is 1. The Bertz CT molecular complexity index is 511. The highest BCUT2D eigenvalue weighted by Gasteiger charge is 2.22. The van der Waals surface area contributed by atoms with Crippen molar-refractivity contribution in [3.05, 3.63) is 29.8 Å². The van der Waals surface area contributed by atoms with Gasteiger partial charge in [0.05, 0.1) is 19.4 Å². The van der Waals surface area contributed by atoms with E-state index in [0.717, 1.165) is 0 Å². The molecule has 0 aliphatic heterocycles. The van der Waals surface area contributed by atoms with E-state index in [-0.39, 0.29) is 6.42 Å². The van der Waals surface area contributed by atoms with Crippen LogP contribution in [-0.4, -0.2) is 40.7 Å². The lowest BCUT2D eigenvalue weighted by Crippen LogP contribution is -2.42. The van der Waals surface area contributed by atoms with Crippen LogP contribution in [-0.2, 0) is 20.8 Å². The molecule has 3 N–H and O–H groups in total. The molecule has 0 spiro atoms. The van der Waals surface area contributed by atoms with Crippen LogP contribution in [0.25, 0.3) is 0 Å². The van der Waals surface area contributed by atoms with Crippen molar-refractivity contribution in [2.45, 2.75) is 25.8 Å². The summed E-state index contributed by atoms with van der Waals surface area (Å²) in [5.74, 6) is -2.54. The van der Waals surface area contributed by atoms with Gasteiger partial charge in [-0.3, -0.25) is 9.59 Å². The minimum atomic E-state index is -1.43. The van der Waals surface area contributed by atoms with Gasteiger partial charge in [0.25, 0.3) is 0 Å². The zero-order valence-corrected chi connectivity index (χ0v) is 11.5. The smallest absolute Gasteiger partial charge is 0.326 e. The van der Waals surface area contributed by atoms with Gasteiger partial charge in [-0.1, -0.05) is 12.1 Å². The molecule has 0 aliphatic rings. The molecule has 7 nitrogen and oxygen atoms in total. The number of rotatable bonds is 8. The van der Waals surface area contributed by atoms with Crippen LogP contribution in [0.2, 0.25) is 0 Å². The third-order valence-corrected chi connectivity index (χ3v) is 2.61. The maximum Gasteiger partial charge on any atom is 0.326 e. The summed E-state index contributed by atoms with van der Waals surface area (Å²) in [6.07, 6.45) is -0.694. The first-order valence-electron chi connectivity index (χ1n) is 6.38. The molecule has 1 aromatic carbocycles. The Morgan fingerprint density at radius 1 is 1.19 bits per heavy atom.